The molecule has 1 aromatic heterocycles. The Morgan fingerprint density at radius 3 is 2.69 bits per heavy atom. The lowest BCUT2D eigenvalue weighted by atomic mass is 10.4. The lowest BCUT2D eigenvalue weighted by Gasteiger charge is -1.98. The van der Waals surface area contributed by atoms with Gasteiger partial charge in [0.15, 0.2) is 0 Å². The van der Waals surface area contributed by atoms with Gasteiger partial charge in [-0.05, 0) is 24.3 Å². The van der Waals surface area contributed by atoms with Crippen LogP contribution in [0.1, 0.15) is 10.7 Å². The standard InChI is InChI=1S/C11H11BrN2S2/c12-8-1-3-10(4-2-8)15-7-11-14-9(5-13)6-16-11/h1-4,6H,5,7,13H2. The number of aromatic nitrogens is 1. The zero-order chi connectivity index (χ0) is 11.4. The molecule has 0 saturated carbocycles. The summed E-state index contributed by atoms with van der Waals surface area (Å²) in [7, 11) is 0. The van der Waals surface area contributed by atoms with E-state index >= 15 is 0 Å². The predicted molar refractivity (Wildman–Crippen MR) is 73.7 cm³/mol. The van der Waals surface area contributed by atoms with Crippen LogP contribution < -0.4 is 5.73 Å². The van der Waals surface area contributed by atoms with Gasteiger partial charge in [0.1, 0.15) is 5.01 Å². The van der Waals surface area contributed by atoms with Crippen molar-refractivity contribution in [1.82, 2.24) is 4.98 Å². The van der Waals surface area contributed by atoms with E-state index in [1.165, 1.54) is 4.90 Å². The second kappa shape index (κ2) is 5.82. The minimum absolute atomic E-state index is 0.527. The molecule has 84 valence electrons. The largest absolute Gasteiger partial charge is 0.325 e. The molecule has 2 rings (SSSR count). The molecular formula is C11H11BrN2S2. The first-order chi connectivity index (χ1) is 7.78. The van der Waals surface area contributed by atoms with Crippen molar-refractivity contribution >= 4 is 39.0 Å². The molecule has 0 amide bonds. The van der Waals surface area contributed by atoms with Crippen LogP contribution in [0.15, 0.2) is 39.0 Å². The van der Waals surface area contributed by atoms with Crippen LogP contribution in [0.4, 0.5) is 0 Å². The van der Waals surface area contributed by atoms with Gasteiger partial charge in [-0.2, -0.15) is 0 Å². The zero-order valence-electron chi connectivity index (χ0n) is 8.52. The average molecular weight is 315 g/mol. The number of nitrogens with two attached hydrogens (primary N) is 1. The number of rotatable bonds is 4. The van der Waals surface area contributed by atoms with Gasteiger partial charge in [0.05, 0.1) is 11.4 Å². The fraction of sp³-hybridized carbons (Fsp3) is 0.182. The first-order valence-corrected chi connectivity index (χ1v) is 7.45. The Bertz CT molecular complexity index is 453. The molecule has 0 atom stereocenters. The van der Waals surface area contributed by atoms with Crippen molar-refractivity contribution in [2.45, 2.75) is 17.2 Å². The zero-order valence-corrected chi connectivity index (χ0v) is 11.7. The summed E-state index contributed by atoms with van der Waals surface area (Å²) in [6.07, 6.45) is 0. The quantitative estimate of drug-likeness (QED) is 0.875. The molecule has 0 aliphatic heterocycles. The summed E-state index contributed by atoms with van der Waals surface area (Å²) >= 11 is 6.89. The van der Waals surface area contributed by atoms with Gasteiger partial charge in [0.25, 0.3) is 0 Å². The number of thioether (sulfide) groups is 1. The summed E-state index contributed by atoms with van der Waals surface area (Å²) in [5.74, 6) is 0.909. The molecule has 0 aliphatic carbocycles. The molecule has 2 N–H and O–H groups in total. The van der Waals surface area contributed by atoms with Crippen molar-refractivity contribution in [2.24, 2.45) is 5.73 Å². The monoisotopic (exact) mass is 314 g/mol. The number of halogens is 1. The van der Waals surface area contributed by atoms with Crippen LogP contribution in [0.3, 0.4) is 0 Å². The van der Waals surface area contributed by atoms with Gasteiger partial charge in [0.2, 0.25) is 0 Å². The van der Waals surface area contributed by atoms with E-state index in [1.807, 2.05) is 5.38 Å². The molecule has 0 bridgehead atoms. The molecule has 0 spiro atoms. The van der Waals surface area contributed by atoms with Crippen LogP contribution >= 0.6 is 39.0 Å². The van der Waals surface area contributed by atoms with Crippen molar-refractivity contribution < 1.29 is 0 Å². The number of hydrogen-bond donors (Lipinski definition) is 1. The van der Waals surface area contributed by atoms with E-state index in [9.17, 15) is 0 Å². The fourth-order valence-corrected chi connectivity index (χ4v) is 3.17. The third-order valence-electron chi connectivity index (χ3n) is 1.98. The third-order valence-corrected chi connectivity index (χ3v) is 4.62. The maximum atomic E-state index is 5.52. The molecule has 2 nitrogen and oxygen atoms in total. The Kier molecular flexibility index (Phi) is 4.40. The summed E-state index contributed by atoms with van der Waals surface area (Å²) in [5.41, 5.74) is 6.50. The highest BCUT2D eigenvalue weighted by Gasteiger charge is 2.01. The highest BCUT2D eigenvalue weighted by molar-refractivity contribution is 9.10. The summed E-state index contributed by atoms with van der Waals surface area (Å²) in [6.45, 7) is 0.527. The van der Waals surface area contributed by atoms with E-state index in [4.69, 9.17) is 5.73 Å². The Balaban J connectivity index is 1.94. The van der Waals surface area contributed by atoms with Gasteiger partial charge in [-0.3, -0.25) is 0 Å². The van der Waals surface area contributed by atoms with Crippen molar-refractivity contribution in [1.29, 1.82) is 0 Å². The van der Waals surface area contributed by atoms with E-state index in [2.05, 4.69) is 45.2 Å². The number of thiazole rings is 1. The molecular weight excluding hydrogens is 304 g/mol. The fourth-order valence-electron chi connectivity index (χ4n) is 1.18. The summed E-state index contributed by atoms with van der Waals surface area (Å²) < 4.78 is 1.11. The van der Waals surface area contributed by atoms with Crippen molar-refractivity contribution in [2.75, 3.05) is 0 Å². The van der Waals surface area contributed by atoms with Crippen LogP contribution in [0.2, 0.25) is 0 Å². The number of nitrogens with zero attached hydrogens (tertiary/aromatic N) is 1. The predicted octanol–water partition coefficient (Wildman–Crippen LogP) is 3.66. The number of benzene rings is 1. The molecule has 16 heavy (non-hydrogen) atoms. The summed E-state index contributed by atoms with van der Waals surface area (Å²) in [4.78, 5) is 5.68. The first-order valence-electron chi connectivity index (χ1n) is 4.79. The van der Waals surface area contributed by atoms with Gasteiger partial charge >= 0.3 is 0 Å². The van der Waals surface area contributed by atoms with Gasteiger partial charge < -0.3 is 5.73 Å². The van der Waals surface area contributed by atoms with Crippen molar-refractivity contribution in [3.05, 3.63) is 44.8 Å². The maximum absolute atomic E-state index is 5.52. The normalized spacial score (nSPS) is 10.6. The Morgan fingerprint density at radius 2 is 2.06 bits per heavy atom. The molecule has 0 unspecified atom stereocenters. The minimum atomic E-state index is 0.527. The van der Waals surface area contributed by atoms with E-state index in [0.717, 1.165) is 20.9 Å². The highest BCUT2D eigenvalue weighted by Crippen LogP contribution is 2.25. The van der Waals surface area contributed by atoms with Gasteiger partial charge in [-0.1, -0.05) is 15.9 Å². The van der Waals surface area contributed by atoms with Crippen molar-refractivity contribution in [3.8, 4) is 0 Å². The molecule has 0 aliphatic rings. The van der Waals surface area contributed by atoms with Crippen LogP contribution in [0, 0.1) is 0 Å². The lowest BCUT2D eigenvalue weighted by molar-refractivity contribution is 0.996. The molecule has 0 radical (unpaired) electrons. The SMILES string of the molecule is NCc1csc(CSc2ccc(Br)cc2)n1. The lowest BCUT2D eigenvalue weighted by Crippen LogP contribution is -1.96. The Labute approximate surface area is 111 Å². The summed E-state index contributed by atoms with van der Waals surface area (Å²) in [5, 5.41) is 3.16. The molecule has 0 saturated heterocycles. The topological polar surface area (TPSA) is 38.9 Å². The number of hydrogen-bond acceptors (Lipinski definition) is 4. The van der Waals surface area contributed by atoms with Gasteiger partial charge in [0, 0.05) is 21.3 Å². The minimum Gasteiger partial charge on any atom is -0.325 e. The second-order valence-electron chi connectivity index (χ2n) is 3.18. The van der Waals surface area contributed by atoms with E-state index < -0.39 is 0 Å². The summed E-state index contributed by atoms with van der Waals surface area (Å²) in [6, 6.07) is 8.31. The molecule has 1 aromatic carbocycles. The van der Waals surface area contributed by atoms with Gasteiger partial charge in [-0.25, -0.2) is 4.98 Å². The average Bonchev–Trinajstić information content (AvgIpc) is 2.76. The first kappa shape index (κ1) is 12.1. The van der Waals surface area contributed by atoms with Gasteiger partial charge in [-0.15, -0.1) is 23.1 Å². The molecule has 5 heteroatoms. The maximum Gasteiger partial charge on any atom is 0.103 e. The molecule has 2 aromatic rings. The second-order valence-corrected chi connectivity index (χ2v) is 6.09. The third kappa shape index (κ3) is 3.31. The van der Waals surface area contributed by atoms with Crippen LogP contribution in [0.25, 0.3) is 0 Å². The smallest absolute Gasteiger partial charge is 0.103 e. The molecule has 0 fully saturated rings. The Morgan fingerprint density at radius 1 is 1.31 bits per heavy atom. The van der Waals surface area contributed by atoms with E-state index in [0.29, 0.717) is 6.54 Å². The van der Waals surface area contributed by atoms with Crippen LogP contribution in [-0.4, -0.2) is 4.98 Å². The van der Waals surface area contributed by atoms with E-state index in [-0.39, 0.29) is 0 Å². The Hall–Kier alpha value is -0.360. The van der Waals surface area contributed by atoms with Crippen LogP contribution in [0.5, 0.6) is 0 Å². The van der Waals surface area contributed by atoms with E-state index in [1.54, 1.807) is 23.1 Å². The molecule has 1 heterocycles. The highest BCUT2D eigenvalue weighted by atomic mass is 79.9. The van der Waals surface area contributed by atoms with Crippen LogP contribution in [-0.2, 0) is 12.3 Å². The van der Waals surface area contributed by atoms with Crippen molar-refractivity contribution in [3.63, 3.8) is 0 Å².